The predicted molar refractivity (Wildman–Crippen MR) is 423 cm³/mol. The van der Waals surface area contributed by atoms with Crippen molar-refractivity contribution >= 4 is 105 Å². The number of nitrogens with one attached hydrogen (secondary N) is 3. The lowest BCUT2D eigenvalue weighted by Gasteiger charge is -2.25. The fourth-order valence-electron chi connectivity index (χ4n) is 11.9. The van der Waals surface area contributed by atoms with Crippen molar-refractivity contribution in [1.29, 1.82) is 0 Å². The van der Waals surface area contributed by atoms with Gasteiger partial charge in [0.25, 0.3) is 20.0 Å². The first-order valence-corrected chi connectivity index (χ1v) is 38.6. The molecule has 556 valence electrons. The summed E-state index contributed by atoms with van der Waals surface area (Å²) in [5, 5.41) is 33.8. The number of carboxylic acids is 1. The maximum atomic E-state index is 13.2. The Labute approximate surface area is 632 Å². The van der Waals surface area contributed by atoms with Crippen molar-refractivity contribution in [3.05, 3.63) is 254 Å². The molecule has 0 radical (unpaired) electrons. The number of hydrogen-bond donors (Lipinski definition) is 5. The van der Waals surface area contributed by atoms with Gasteiger partial charge in [-0.15, -0.1) is 0 Å². The molecular formula is C80H95Cl3N12O8S2. The van der Waals surface area contributed by atoms with E-state index < -0.39 is 26.0 Å². The summed E-state index contributed by atoms with van der Waals surface area (Å²) in [6.45, 7) is 11.4. The standard InChI is InChI=1S/C29H33ClN4O3S.C22H27ClN4O.C19H23ClN4O2S.C10H12O2/c1-20-10-13-25(14-11-20)38(36,37)34-27-15-12-23(29(30)26(27)19-32-34)17-24(33(3)4)18-31-28(35)16-21(2)22-8-6-5-7-9-22;1-15(16-7-5-4-6-8-16)11-21(28)24-13-18(27(2)3)12-17-9-10-20-19(22(17)23)14-25-26-20;1-13-4-7-16(8-5-13)27(25,26)24-18-9-6-14(10-15(11-21)23(2)3)19(20)17(18)12-22-24;1-8(7-10(11)12)9-5-3-2-4-6-9/h5-15,19,21,24H,16-18H2,1-4H3,(H,31,35);4-10,14-15,18H,11-13H2,1-3H3,(H,24,28)(H,25,26);4-9,12,15H,10-11,21H2,1-3H3;2-6,8H,7H2,1H3,(H,11,12)/t21-,24+;15-,18+;15-;8-/m1101/s1. The Morgan fingerprint density at radius 2 is 0.819 bits per heavy atom. The van der Waals surface area contributed by atoms with Crippen LogP contribution in [0.15, 0.2) is 204 Å². The van der Waals surface area contributed by atoms with E-state index in [9.17, 15) is 31.2 Å². The van der Waals surface area contributed by atoms with Gasteiger partial charge in [-0.05, 0) is 169 Å². The molecule has 25 heteroatoms. The molecule has 0 saturated carbocycles. The van der Waals surface area contributed by atoms with Crippen LogP contribution in [0.25, 0.3) is 32.7 Å². The van der Waals surface area contributed by atoms with Gasteiger partial charge < -0.3 is 36.2 Å². The quantitative estimate of drug-likeness (QED) is 0.0320. The zero-order chi connectivity index (χ0) is 76.3. The number of rotatable bonds is 27. The Kier molecular flexibility index (Phi) is 29.6. The highest BCUT2D eigenvalue weighted by Crippen LogP contribution is 2.34. The van der Waals surface area contributed by atoms with Crippen molar-refractivity contribution < 1.29 is 36.3 Å². The van der Waals surface area contributed by atoms with Gasteiger partial charge in [0, 0.05) is 66.8 Å². The molecule has 0 saturated heterocycles. The number of benzene rings is 8. The molecule has 0 aliphatic carbocycles. The third-order valence-corrected chi connectivity index (χ3v) is 23.2. The highest BCUT2D eigenvalue weighted by atomic mass is 35.5. The lowest BCUT2D eigenvalue weighted by molar-refractivity contribution is -0.137. The van der Waals surface area contributed by atoms with Crippen LogP contribution in [0.3, 0.4) is 0 Å². The predicted octanol–water partition coefficient (Wildman–Crippen LogP) is 13.9. The van der Waals surface area contributed by atoms with Crippen LogP contribution in [-0.4, -0.2) is 163 Å². The van der Waals surface area contributed by atoms with E-state index in [1.54, 1.807) is 66.9 Å². The second-order valence-corrected chi connectivity index (χ2v) is 31.8. The summed E-state index contributed by atoms with van der Waals surface area (Å²) in [4.78, 5) is 42.1. The van der Waals surface area contributed by atoms with E-state index in [1.807, 2.05) is 183 Å². The molecule has 2 amide bonds. The number of aryl methyl sites for hydroxylation is 2. The van der Waals surface area contributed by atoms with E-state index >= 15 is 0 Å². The summed E-state index contributed by atoms with van der Waals surface area (Å²) < 4.78 is 54.4. The van der Waals surface area contributed by atoms with E-state index in [0.717, 1.165) is 69.5 Å². The fourth-order valence-corrected chi connectivity index (χ4v) is 15.3. The number of halogens is 3. The zero-order valence-electron chi connectivity index (χ0n) is 61.2. The first kappa shape index (κ1) is 81.9. The van der Waals surface area contributed by atoms with Gasteiger partial charge in [0.1, 0.15) is 0 Å². The number of aliphatic carboxylic acids is 1. The molecule has 20 nitrogen and oxygen atoms in total. The first-order valence-electron chi connectivity index (χ1n) is 34.6. The first-order chi connectivity index (χ1) is 50.0. The number of carboxylic acid groups (broad SMARTS) is 1. The summed E-state index contributed by atoms with van der Waals surface area (Å²) in [6.07, 6.45) is 7.83. The average Bonchev–Trinajstić information content (AvgIpc) is 1.63. The molecule has 0 unspecified atom stereocenters. The minimum Gasteiger partial charge on any atom is -0.481 e. The van der Waals surface area contributed by atoms with Crippen LogP contribution in [-0.2, 0) is 53.7 Å². The molecule has 11 rings (SSSR count). The van der Waals surface area contributed by atoms with Gasteiger partial charge in [0.15, 0.2) is 0 Å². The van der Waals surface area contributed by atoms with Crippen molar-refractivity contribution in [3.63, 3.8) is 0 Å². The number of nitrogens with zero attached hydrogens (tertiary/aromatic N) is 8. The molecule has 0 bridgehead atoms. The van der Waals surface area contributed by atoms with Crippen LogP contribution in [0.1, 0.15) is 102 Å². The molecule has 105 heavy (non-hydrogen) atoms. The molecule has 11 aromatic rings. The number of aromatic amines is 1. The van der Waals surface area contributed by atoms with E-state index in [0.29, 0.717) is 77.2 Å². The number of hydrogen-bond acceptors (Lipinski definition) is 14. The SMILES string of the molecule is C[C@H](CC(=O)NC[C@H](Cc1ccc2[nH]ncc2c1Cl)N(C)C)c1ccccc1.C[C@H](CC(=O)O)c1ccccc1.Cc1ccc(S(=O)(=O)n2ncc3c(Cl)c(C[C@@H](CN)N(C)C)ccc32)cc1.Cc1ccc(S(=O)(=O)n2ncc3c(Cl)c(C[C@@H](CNC(=O)C[C@@H](C)c4ccccc4)N(C)C)ccc32)cc1. The van der Waals surface area contributed by atoms with Crippen molar-refractivity contribution in [2.24, 2.45) is 5.73 Å². The molecule has 0 aliphatic rings. The Hall–Kier alpha value is -8.81. The number of fused-ring (bicyclic) bond motifs is 3. The third-order valence-electron chi connectivity index (χ3n) is 18.7. The summed E-state index contributed by atoms with van der Waals surface area (Å²) in [5.74, 6) is -0.262. The van der Waals surface area contributed by atoms with Gasteiger partial charge in [-0.2, -0.15) is 40.3 Å². The van der Waals surface area contributed by atoms with Gasteiger partial charge >= 0.3 is 5.97 Å². The second-order valence-electron chi connectivity index (χ2n) is 27.2. The number of carbonyl (C=O) groups is 3. The maximum absolute atomic E-state index is 13.2. The molecule has 0 fully saturated rings. The number of amides is 2. The molecule has 0 aliphatic heterocycles. The van der Waals surface area contributed by atoms with Crippen molar-refractivity contribution in [3.8, 4) is 0 Å². The minimum atomic E-state index is -3.86. The summed E-state index contributed by atoms with van der Waals surface area (Å²) in [7, 11) is 4.25. The number of carbonyl (C=O) groups excluding carboxylic acids is 2. The maximum Gasteiger partial charge on any atom is 0.303 e. The van der Waals surface area contributed by atoms with Gasteiger partial charge in [-0.25, -0.2) is 0 Å². The molecular weight excluding hydrogens is 1430 g/mol. The van der Waals surface area contributed by atoms with Gasteiger partial charge in [-0.1, -0.05) is 200 Å². The topological polar surface area (TPSA) is 264 Å². The summed E-state index contributed by atoms with van der Waals surface area (Å²) in [5.41, 5.74) is 15.8. The number of H-pyrrole nitrogens is 1. The van der Waals surface area contributed by atoms with Crippen LogP contribution in [0.2, 0.25) is 15.1 Å². The smallest absolute Gasteiger partial charge is 0.303 e. The van der Waals surface area contributed by atoms with Crippen molar-refractivity contribution in [2.75, 3.05) is 61.9 Å². The van der Waals surface area contributed by atoms with Crippen molar-refractivity contribution in [2.45, 2.75) is 119 Å². The Morgan fingerprint density at radius 3 is 1.17 bits per heavy atom. The van der Waals surface area contributed by atoms with Crippen LogP contribution < -0.4 is 16.4 Å². The average molecular weight is 1520 g/mol. The number of aromatic nitrogens is 6. The third kappa shape index (κ3) is 21.9. The zero-order valence-corrected chi connectivity index (χ0v) is 65.1. The summed E-state index contributed by atoms with van der Waals surface area (Å²) >= 11 is 19.9. The second kappa shape index (κ2) is 37.9. The number of likely N-dealkylation sites (N-methyl/N-ethyl adjacent to an activating group) is 3. The van der Waals surface area contributed by atoms with Gasteiger partial charge in [0.05, 0.1) is 66.4 Å². The van der Waals surface area contributed by atoms with E-state index in [2.05, 4.69) is 55.0 Å². The van der Waals surface area contributed by atoms with E-state index in [-0.39, 0.29) is 63.9 Å². The lowest BCUT2D eigenvalue weighted by atomic mass is 9.97. The Morgan fingerprint density at radius 1 is 0.476 bits per heavy atom. The van der Waals surface area contributed by atoms with Crippen LogP contribution in [0.4, 0.5) is 0 Å². The molecule has 3 aromatic heterocycles. The number of nitrogens with two attached hydrogens (primary N) is 1. The molecule has 6 atom stereocenters. The normalized spacial score (nSPS) is 13.4. The molecule has 0 spiro atoms. The molecule has 8 aromatic carbocycles. The molecule has 3 heterocycles. The molecule has 6 N–H and O–H groups in total. The van der Waals surface area contributed by atoms with Crippen LogP contribution >= 0.6 is 34.8 Å². The fraction of sp³-hybridized carbons (Fsp3) is 0.325. The Bertz CT molecular complexity index is 4910. The van der Waals surface area contributed by atoms with Gasteiger partial charge in [-0.3, -0.25) is 19.5 Å². The lowest BCUT2D eigenvalue weighted by Crippen LogP contribution is -2.41. The highest BCUT2D eigenvalue weighted by Gasteiger charge is 2.27. The largest absolute Gasteiger partial charge is 0.481 e. The van der Waals surface area contributed by atoms with Gasteiger partial charge in [0.2, 0.25) is 11.8 Å². The van der Waals surface area contributed by atoms with Crippen molar-refractivity contribution in [1.82, 2.24) is 53.9 Å². The van der Waals surface area contributed by atoms with Crippen LogP contribution in [0.5, 0.6) is 0 Å². The minimum absolute atomic E-state index is 0.00246. The van der Waals surface area contributed by atoms with Crippen LogP contribution in [0, 0.1) is 13.8 Å². The highest BCUT2D eigenvalue weighted by molar-refractivity contribution is 7.90. The Balaban J connectivity index is 0.000000187. The monoisotopic (exact) mass is 1520 g/mol. The van der Waals surface area contributed by atoms with E-state index in [1.165, 1.54) is 18.0 Å². The van der Waals surface area contributed by atoms with E-state index in [4.69, 9.17) is 45.6 Å². The summed E-state index contributed by atoms with van der Waals surface area (Å²) in [6, 6.07) is 54.6.